The van der Waals surface area contributed by atoms with E-state index in [0.717, 1.165) is 11.1 Å². The van der Waals surface area contributed by atoms with Crippen molar-refractivity contribution in [2.24, 2.45) is 5.92 Å². The number of phenolic OH excluding ortho intramolecular Hbond substituents is 2. The Labute approximate surface area is 138 Å². The molecule has 23 heavy (non-hydrogen) atoms. The number of aryl methyl sites for hydroxylation is 2. The molecule has 2 aromatic carbocycles. The Morgan fingerprint density at radius 3 is 1.70 bits per heavy atom. The molecule has 1 aliphatic rings. The molecule has 2 nitrogen and oxygen atoms in total. The Kier molecular flexibility index (Phi) is 4.61. The normalized spacial score (nSPS) is 16.0. The molecular formula is C21H26O2. The van der Waals surface area contributed by atoms with Crippen LogP contribution in [0.1, 0.15) is 60.3 Å². The van der Waals surface area contributed by atoms with Crippen molar-refractivity contribution in [1.29, 1.82) is 0 Å². The molecule has 122 valence electrons. The lowest BCUT2D eigenvalue weighted by Crippen LogP contribution is -2.18. The molecule has 0 saturated heterocycles. The third kappa shape index (κ3) is 3.36. The summed E-state index contributed by atoms with van der Waals surface area (Å²) in [5.41, 5.74) is 4.41. The molecule has 0 bridgehead atoms. The average Bonchev–Trinajstić information content (AvgIpc) is 2.55. The summed E-state index contributed by atoms with van der Waals surface area (Å²) in [4.78, 5) is 0. The van der Waals surface area contributed by atoms with E-state index in [2.05, 4.69) is 24.3 Å². The van der Waals surface area contributed by atoms with Crippen molar-refractivity contribution in [3.05, 3.63) is 58.7 Å². The fraction of sp³-hybridized carbons (Fsp3) is 0.429. The van der Waals surface area contributed by atoms with Crippen LogP contribution in [0.4, 0.5) is 0 Å². The van der Waals surface area contributed by atoms with E-state index in [9.17, 15) is 10.2 Å². The van der Waals surface area contributed by atoms with E-state index in [4.69, 9.17) is 0 Å². The lowest BCUT2D eigenvalue weighted by molar-refractivity contribution is 0.327. The molecular weight excluding hydrogens is 284 g/mol. The van der Waals surface area contributed by atoms with Crippen molar-refractivity contribution in [1.82, 2.24) is 0 Å². The third-order valence-corrected chi connectivity index (χ3v) is 5.28. The molecule has 1 fully saturated rings. The van der Waals surface area contributed by atoms with E-state index in [1.807, 2.05) is 26.0 Å². The lowest BCUT2D eigenvalue weighted by Gasteiger charge is -2.31. The average molecular weight is 310 g/mol. The zero-order valence-corrected chi connectivity index (χ0v) is 14.0. The Morgan fingerprint density at radius 1 is 0.783 bits per heavy atom. The molecule has 0 spiro atoms. The van der Waals surface area contributed by atoms with Gasteiger partial charge in [-0.15, -0.1) is 0 Å². The number of hydrogen-bond donors (Lipinski definition) is 2. The zero-order chi connectivity index (χ0) is 16.4. The van der Waals surface area contributed by atoms with Gasteiger partial charge in [0, 0.05) is 5.92 Å². The van der Waals surface area contributed by atoms with Crippen LogP contribution >= 0.6 is 0 Å². The second-order valence-corrected chi connectivity index (χ2v) is 6.97. The first kappa shape index (κ1) is 15.9. The fourth-order valence-corrected chi connectivity index (χ4v) is 3.95. The second kappa shape index (κ2) is 6.66. The van der Waals surface area contributed by atoms with Crippen molar-refractivity contribution < 1.29 is 10.2 Å². The van der Waals surface area contributed by atoms with E-state index in [0.29, 0.717) is 23.3 Å². The van der Waals surface area contributed by atoms with Crippen LogP contribution < -0.4 is 0 Å². The van der Waals surface area contributed by atoms with Gasteiger partial charge in [0.2, 0.25) is 0 Å². The van der Waals surface area contributed by atoms with Crippen LogP contribution in [0, 0.1) is 19.8 Å². The molecule has 0 radical (unpaired) electrons. The Morgan fingerprint density at radius 2 is 1.26 bits per heavy atom. The highest BCUT2D eigenvalue weighted by Crippen LogP contribution is 2.42. The lowest BCUT2D eigenvalue weighted by atomic mass is 9.73. The van der Waals surface area contributed by atoms with Gasteiger partial charge >= 0.3 is 0 Å². The van der Waals surface area contributed by atoms with E-state index in [1.54, 1.807) is 0 Å². The van der Waals surface area contributed by atoms with Gasteiger partial charge < -0.3 is 10.2 Å². The molecule has 1 saturated carbocycles. The molecule has 2 N–H and O–H groups in total. The highest BCUT2D eigenvalue weighted by atomic mass is 16.3. The summed E-state index contributed by atoms with van der Waals surface area (Å²) >= 11 is 0. The van der Waals surface area contributed by atoms with Gasteiger partial charge in [-0.1, -0.05) is 43.5 Å². The van der Waals surface area contributed by atoms with E-state index < -0.39 is 0 Å². The van der Waals surface area contributed by atoms with Crippen LogP contribution in [0.25, 0.3) is 0 Å². The van der Waals surface area contributed by atoms with Crippen LogP contribution in [0.5, 0.6) is 11.5 Å². The SMILES string of the molecule is Cc1cc(C(c2ccc(O)c(C)c2)C2CCCCC2)ccc1O. The standard InChI is InChI=1S/C21H26O2/c1-14-12-17(8-10-19(14)22)21(16-6-4-3-5-7-16)18-9-11-20(23)15(2)13-18/h8-13,16,21-23H,3-7H2,1-2H3. The summed E-state index contributed by atoms with van der Waals surface area (Å²) in [5, 5.41) is 19.7. The zero-order valence-electron chi connectivity index (χ0n) is 14.0. The highest BCUT2D eigenvalue weighted by molar-refractivity contribution is 5.44. The van der Waals surface area contributed by atoms with Crippen molar-refractivity contribution in [3.63, 3.8) is 0 Å². The molecule has 2 heteroatoms. The molecule has 0 unspecified atom stereocenters. The summed E-state index contributed by atoms with van der Waals surface area (Å²) in [6, 6.07) is 12.0. The van der Waals surface area contributed by atoms with Gasteiger partial charge in [-0.25, -0.2) is 0 Å². The predicted octanol–water partition coefficient (Wildman–Crippen LogP) is 5.43. The van der Waals surface area contributed by atoms with Gasteiger partial charge in [0.1, 0.15) is 11.5 Å². The molecule has 0 amide bonds. The topological polar surface area (TPSA) is 40.5 Å². The van der Waals surface area contributed by atoms with Crippen molar-refractivity contribution in [2.45, 2.75) is 51.9 Å². The monoisotopic (exact) mass is 310 g/mol. The largest absolute Gasteiger partial charge is 0.508 e. The quantitative estimate of drug-likeness (QED) is 0.794. The van der Waals surface area contributed by atoms with E-state index >= 15 is 0 Å². The summed E-state index contributed by atoms with van der Waals surface area (Å²) < 4.78 is 0. The molecule has 0 atom stereocenters. The van der Waals surface area contributed by atoms with Gasteiger partial charge in [0.15, 0.2) is 0 Å². The molecule has 0 heterocycles. The van der Waals surface area contributed by atoms with Crippen LogP contribution in [0.15, 0.2) is 36.4 Å². The van der Waals surface area contributed by atoms with Gasteiger partial charge in [0.05, 0.1) is 0 Å². The maximum absolute atomic E-state index is 9.85. The smallest absolute Gasteiger partial charge is 0.118 e. The molecule has 0 aromatic heterocycles. The third-order valence-electron chi connectivity index (χ3n) is 5.28. The van der Waals surface area contributed by atoms with Gasteiger partial charge in [-0.2, -0.15) is 0 Å². The Hall–Kier alpha value is -1.96. The molecule has 2 aromatic rings. The highest BCUT2D eigenvalue weighted by Gasteiger charge is 2.27. The number of aromatic hydroxyl groups is 2. The number of hydrogen-bond acceptors (Lipinski definition) is 2. The maximum atomic E-state index is 9.85. The van der Waals surface area contributed by atoms with Crippen LogP contribution in [-0.4, -0.2) is 10.2 Å². The minimum Gasteiger partial charge on any atom is -0.508 e. The second-order valence-electron chi connectivity index (χ2n) is 6.97. The summed E-state index contributed by atoms with van der Waals surface area (Å²) in [6.45, 7) is 3.91. The van der Waals surface area contributed by atoms with Crippen LogP contribution in [0.2, 0.25) is 0 Å². The minimum absolute atomic E-state index is 0.342. The van der Waals surface area contributed by atoms with Gasteiger partial charge in [-0.05, 0) is 67.0 Å². The van der Waals surface area contributed by atoms with Gasteiger partial charge in [-0.3, -0.25) is 0 Å². The summed E-state index contributed by atoms with van der Waals surface area (Å²) in [5.74, 6) is 1.70. The molecule has 0 aliphatic heterocycles. The van der Waals surface area contributed by atoms with E-state index in [-0.39, 0.29) is 0 Å². The maximum Gasteiger partial charge on any atom is 0.118 e. The first-order chi connectivity index (χ1) is 11.1. The van der Waals surface area contributed by atoms with Crippen molar-refractivity contribution >= 4 is 0 Å². The Bertz CT molecular complexity index is 633. The van der Waals surface area contributed by atoms with Crippen molar-refractivity contribution in [2.75, 3.05) is 0 Å². The number of phenols is 2. The van der Waals surface area contributed by atoms with Gasteiger partial charge in [0.25, 0.3) is 0 Å². The predicted molar refractivity (Wildman–Crippen MR) is 94.1 cm³/mol. The number of rotatable bonds is 3. The number of benzene rings is 2. The fourth-order valence-electron chi connectivity index (χ4n) is 3.95. The Balaban J connectivity index is 2.04. The first-order valence-corrected chi connectivity index (χ1v) is 8.65. The first-order valence-electron chi connectivity index (χ1n) is 8.65. The summed E-state index contributed by atoms with van der Waals surface area (Å²) in [7, 11) is 0. The molecule has 3 rings (SSSR count). The molecule has 1 aliphatic carbocycles. The minimum atomic E-state index is 0.342. The van der Waals surface area contributed by atoms with E-state index in [1.165, 1.54) is 43.2 Å². The van der Waals surface area contributed by atoms with Crippen LogP contribution in [0.3, 0.4) is 0 Å². The van der Waals surface area contributed by atoms with Crippen molar-refractivity contribution in [3.8, 4) is 11.5 Å². The summed E-state index contributed by atoms with van der Waals surface area (Å²) in [6.07, 6.45) is 6.45. The van der Waals surface area contributed by atoms with Crippen LogP contribution in [-0.2, 0) is 0 Å².